The van der Waals surface area contributed by atoms with Crippen LogP contribution in [-0.4, -0.2) is 8.42 Å². The van der Waals surface area contributed by atoms with Gasteiger partial charge < -0.3 is 0 Å². The van der Waals surface area contributed by atoms with Crippen LogP contribution in [0.5, 0.6) is 0 Å². The van der Waals surface area contributed by atoms with Gasteiger partial charge in [-0.25, -0.2) is 8.42 Å². The van der Waals surface area contributed by atoms with E-state index in [1.54, 1.807) is 0 Å². The minimum atomic E-state index is -3.74. The first-order valence-corrected chi connectivity index (χ1v) is 12.0. The molecule has 0 aliphatic carbocycles. The maximum Gasteiger partial charge on any atom is 0.207 e. The summed E-state index contributed by atoms with van der Waals surface area (Å²) in [6.45, 7) is 0. The van der Waals surface area contributed by atoms with Crippen molar-refractivity contribution in [3.8, 4) is 0 Å². The lowest BCUT2D eigenvalue weighted by atomic mass is 9.73. The molecule has 3 heteroatoms. The third kappa shape index (κ3) is 3.41. The van der Waals surface area contributed by atoms with Crippen molar-refractivity contribution in [2.45, 2.75) is 5.41 Å². The molecule has 5 rings (SSSR count). The quantitative estimate of drug-likeness (QED) is 0.368. The fourth-order valence-electron chi connectivity index (χ4n) is 4.34. The molecule has 0 fully saturated rings. The van der Waals surface area contributed by atoms with Crippen LogP contribution in [0, 0.1) is 0 Å². The van der Waals surface area contributed by atoms with Crippen LogP contribution in [0.25, 0.3) is 9.81 Å². The van der Waals surface area contributed by atoms with Gasteiger partial charge in [0.05, 0.1) is 15.2 Å². The lowest BCUT2D eigenvalue weighted by Gasteiger charge is -2.34. The molecular formula is C29H22O2S. The summed E-state index contributed by atoms with van der Waals surface area (Å²) in [5.41, 5.74) is 2.67. The molecular weight excluding hydrogens is 412 g/mol. The molecule has 0 bridgehead atoms. The molecule has 0 saturated heterocycles. The summed E-state index contributed by atoms with van der Waals surface area (Å²) in [5, 5.41) is 0. The van der Waals surface area contributed by atoms with Crippen LogP contribution in [0.2, 0.25) is 0 Å². The van der Waals surface area contributed by atoms with Crippen LogP contribution in [0.1, 0.15) is 22.3 Å². The molecule has 1 heterocycles. The number of rotatable bonds is 4. The molecule has 4 aromatic carbocycles. The number of sulfone groups is 1. The van der Waals surface area contributed by atoms with Gasteiger partial charge in [-0.3, -0.25) is 0 Å². The molecule has 32 heavy (non-hydrogen) atoms. The van der Waals surface area contributed by atoms with E-state index in [2.05, 4.69) is 24.3 Å². The van der Waals surface area contributed by atoms with E-state index in [1.165, 1.54) is 0 Å². The SMILES string of the molecule is O=S1(=O)C(c2ccccc2)=CC(c2ccccc2)(c2ccccc2)C=C1c1ccccc1. The molecule has 0 radical (unpaired) electrons. The summed E-state index contributed by atoms with van der Waals surface area (Å²) in [7, 11) is -3.74. The van der Waals surface area contributed by atoms with Crippen molar-refractivity contribution >= 4 is 19.6 Å². The number of allylic oxidation sites excluding steroid dienone is 2. The van der Waals surface area contributed by atoms with Gasteiger partial charge in [0, 0.05) is 0 Å². The third-order valence-electron chi connectivity index (χ3n) is 5.92. The van der Waals surface area contributed by atoms with Gasteiger partial charge in [-0.2, -0.15) is 0 Å². The molecule has 0 atom stereocenters. The van der Waals surface area contributed by atoms with Gasteiger partial charge in [-0.05, 0) is 34.4 Å². The first-order chi connectivity index (χ1) is 15.6. The second-order valence-electron chi connectivity index (χ2n) is 7.85. The summed E-state index contributed by atoms with van der Waals surface area (Å²) < 4.78 is 27.9. The topological polar surface area (TPSA) is 34.1 Å². The lowest BCUT2D eigenvalue weighted by Crippen LogP contribution is -2.29. The molecule has 4 aromatic rings. The van der Waals surface area contributed by atoms with Crippen molar-refractivity contribution in [2.75, 3.05) is 0 Å². The zero-order chi connectivity index (χ0) is 22.0. The molecule has 0 N–H and O–H groups in total. The standard InChI is InChI=1S/C29H22O2S/c30-32(31)27(23-13-5-1-6-14-23)21-29(25-17-9-3-10-18-25,26-19-11-4-12-20-26)22-28(32)24-15-7-2-8-16-24/h1-22H. The van der Waals surface area contributed by atoms with Crippen LogP contribution in [0.3, 0.4) is 0 Å². The van der Waals surface area contributed by atoms with Crippen molar-refractivity contribution in [2.24, 2.45) is 0 Å². The first kappa shape index (κ1) is 20.2. The predicted molar refractivity (Wildman–Crippen MR) is 131 cm³/mol. The molecule has 0 amide bonds. The van der Waals surface area contributed by atoms with Crippen LogP contribution in [0.15, 0.2) is 133 Å². The van der Waals surface area contributed by atoms with E-state index in [-0.39, 0.29) is 0 Å². The van der Waals surface area contributed by atoms with Crippen molar-refractivity contribution in [3.63, 3.8) is 0 Å². The van der Waals surface area contributed by atoms with Gasteiger partial charge in [-0.15, -0.1) is 0 Å². The van der Waals surface area contributed by atoms with Gasteiger partial charge in [0.2, 0.25) is 9.84 Å². The second kappa shape index (κ2) is 8.10. The summed E-state index contributed by atoms with van der Waals surface area (Å²) in [6, 6.07) is 38.9. The minimum absolute atomic E-state index is 0.326. The van der Waals surface area contributed by atoms with E-state index in [4.69, 9.17) is 0 Å². The Morgan fingerprint density at radius 3 is 1.09 bits per heavy atom. The Morgan fingerprint density at radius 1 is 0.438 bits per heavy atom. The normalized spacial score (nSPS) is 16.6. The van der Waals surface area contributed by atoms with Crippen LogP contribution < -0.4 is 0 Å². The van der Waals surface area contributed by atoms with Gasteiger partial charge >= 0.3 is 0 Å². The predicted octanol–water partition coefficient (Wildman–Crippen LogP) is 6.48. The fraction of sp³-hybridized carbons (Fsp3) is 0.0345. The first-order valence-electron chi connectivity index (χ1n) is 10.5. The highest BCUT2D eigenvalue weighted by atomic mass is 32.2. The summed E-state index contributed by atoms with van der Waals surface area (Å²) in [5.74, 6) is 0. The highest BCUT2D eigenvalue weighted by molar-refractivity contribution is 8.09. The van der Waals surface area contributed by atoms with E-state index in [0.717, 1.165) is 11.1 Å². The Hall–Kier alpha value is -3.69. The molecule has 1 aliphatic rings. The van der Waals surface area contributed by atoms with Crippen LogP contribution >= 0.6 is 0 Å². The highest BCUT2D eigenvalue weighted by Gasteiger charge is 2.41. The van der Waals surface area contributed by atoms with Crippen molar-refractivity contribution < 1.29 is 8.42 Å². The van der Waals surface area contributed by atoms with Crippen molar-refractivity contribution in [3.05, 3.63) is 156 Å². The van der Waals surface area contributed by atoms with Gasteiger partial charge in [0.25, 0.3) is 0 Å². The monoisotopic (exact) mass is 434 g/mol. The summed E-state index contributed by atoms with van der Waals surface area (Å²) >= 11 is 0. The Labute approximate surface area is 189 Å². The largest absolute Gasteiger partial charge is 0.218 e. The van der Waals surface area contributed by atoms with Gasteiger partial charge in [0.15, 0.2) is 0 Å². The molecule has 0 saturated carbocycles. The third-order valence-corrected chi connectivity index (χ3v) is 7.78. The second-order valence-corrected chi connectivity index (χ2v) is 9.74. The molecule has 2 nitrogen and oxygen atoms in total. The Morgan fingerprint density at radius 2 is 0.750 bits per heavy atom. The van der Waals surface area contributed by atoms with Crippen LogP contribution in [0.4, 0.5) is 0 Å². The molecule has 156 valence electrons. The number of hydrogen-bond acceptors (Lipinski definition) is 2. The zero-order valence-electron chi connectivity index (χ0n) is 17.4. The highest BCUT2D eigenvalue weighted by Crippen LogP contribution is 2.47. The van der Waals surface area contributed by atoms with Gasteiger partial charge in [0.1, 0.15) is 0 Å². The van der Waals surface area contributed by atoms with Crippen LogP contribution in [-0.2, 0) is 15.3 Å². The summed E-state index contributed by atoms with van der Waals surface area (Å²) in [6.07, 6.45) is 3.82. The van der Waals surface area contributed by atoms with Crippen molar-refractivity contribution in [1.29, 1.82) is 0 Å². The van der Waals surface area contributed by atoms with E-state index < -0.39 is 15.3 Å². The molecule has 0 unspecified atom stereocenters. The average molecular weight is 435 g/mol. The zero-order valence-corrected chi connectivity index (χ0v) is 18.2. The van der Waals surface area contributed by atoms with E-state index in [1.807, 2.05) is 109 Å². The maximum atomic E-state index is 13.9. The lowest BCUT2D eigenvalue weighted by molar-refractivity contribution is 0.613. The fourth-order valence-corrected chi connectivity index (χ4v) is 6.15. The minimum Gasteiger partial charge on any atom is -0.218 e. The Bertz CT molecular complexity index is 1280. The van der Waals surface area contributed by atoms with E-state index >= 15 is 0 Å². The number of benzene rings is 4. The summed E-state index contributed by atoms with van der Waals surface area (Å²) in [4.78, 5) is 0.652. The molecule has 1 aliphatic heterocycles. The van der Waals surface area contributed by atoms with Crippen molar-refractivity contribution in [1.82, 2.24) is 0 Å². The Kier molecular flexibility index (Phi) is 5.12. The molecule has 0 aromatic heterocycles. The Balaban J connectivity index is 1.90. The maximum absolute atomic E-state index is 13.9. The smallest absolute Gasteiger partial charge is 0.207 e. The average Bonchev–Trinajstić information content (AvgIpc) is 2.86. The van der Waals surface area contributed by atoms with E-state index in [0.29, 0.717) is 20.9 Å². The molecule has 0 spiro atoms. The van der Waals surface area contributed by atoms with E-state index in [9.17, 15) is 8.42 Å². The number of hydrogen-bond donors (Lipinski definition) is 0. The van der Waals surface area contributed by atoms with Gasteiger partial charge in [-0.1, -0.05) is 121 Å².